The highest BCUT2D eigenvalue weighted by molar-refractivity contribution is 7.09. The predicted molar refractivity (Wildman–Crippen MR) is 85.0 cm³/mol. The fraction of sp³-hybridized carbons (Fsp3) is 0.353. The SMILES string of the molecule is CC(C)N(CC(=O)Cc1ccc(F)cc1)Cc1cccs1. The van der Waals surface area contributed by atoms with E-state index in [4.69, 9.17) is 0 Å². The molecule has 0 saturated heterocycles. The van der Waals surface area contributed by atoms with Gasteiger partial charge in [0.1, 0.15) is 5.82 Å². The molecule has 21 heavy (non-hydrogen) atoms. The molecule has 0 aliphatic carbocycles. The van der Waals surface area contributed by atoms with Crippen molar-refractivity contribution in [2.45, 2.75) is 32.9 Å². The van der Waals surface area contributed by atoms with Crippen LogP contribution in [0.1, 0.15) is 24.3 Å². The summed E-state index contributed by atoms with van der Waals surface area (Å²) < 4.78 is 12.9. The highest BCUT2D eigenvalue weighted by atomic mass is 32.1. The van der Waals surface area contributed by atoms with Gasteiger partial charge in [0.2, 0.25) is 0 Å². The van der Waals surface area contributed by atoms with Crippen LogP contribution in [0.3, 0.4) is 0 Å². The molecular weight excluding hydrogens is 285 g/mol. The first-order chi connectivity index (χ1) is 10.0. The lowest BCUT2D eigenvalue weighted by Crippen LogP contribution is -2.35. The minimum atomic E-state index is -0.271. The van der Waals surface area contributed by atoms with Gasteiger partial charge in [-0.25, -0.2) is 4.39 Å². The zero-order valence-electron chi connectivity index (χ0n) is 12.4. The Balaban J connectivity index is 1.93. The third-order valence-electron chi connectivity index (χ3n) is 3.36. The highest BCUT2D eigenvalue weighted by Crippen LogP contribution is 2.14. The van der Waals surface area contributed by atoms with Gasteiger partial charge in [0.25, 0.3) is 0 Å². The number of hydrogen-bond acceptors (Lipinski definition) is 3. The number of hydrogen-bond donors (Lipinski definition) is 0. The maximum Gasteiger partial charge on any atom is 0.151 e. The lowest BCUT2D eigenvalue weighted by atomic mass is 10.1. The number of carbonyl (C=O) groups excluding carboxylic acids is 1. The van der Waals surface area contributed by atoms with Crippen LogP contribution in [0.25, 0.3) is 0 Å². The average molecular weight is 305 g/mol. The monoisotopic (exact) mass is 305 g/mol. The van der Waals surface area contributed by atoms with Gasteiger partial charge in [0.15, 0.2) is 5.78 Å². The largest absolute Gasteiger partial charge is 0.298 e. The van der Waals surface area contributed by atoms with Crippen LogP contribution in [0.2, 0.25) is 0 Å². The van der Waals surface area contributed by atoms with Crippen LogP contribution >= 0.6 is 11.3 Å². The predicted octanol–water partition coefficient (Wildman–Crippen LogP) is 3.91. The van der Waals surface area contributed by atoms with Gasteiger partial charge in [0, 0.05) is 23.9 Å². The number of halogens is 1. The van der Waals surface area contributed by atoms with Gasteiger partial charge in [-0.1, -0.05) is 18.2 Å². The zero-order chi connectivity index (χ0) is 15.2. The third-order valence-corrected chi connectivity index (χ3v) is 4.22. The van der Waals surface area contributed by atoms with Gasteiger partial charge in [-0.05, 0) is 43.0 Å². The van der Waals surface area contributed by atoms with Crippen LogP contribution in [0, 0.1) is 5.82 Å². The molecule has 2 nitrogen and oxygen atoms in total. The van der Waals surface area contributed by atoms with Crippen molar-refractivity contribution in [1.82, 2.24) is 4.90 Å². The Labute approximate surface area is 129 Å². The molecule has 2 aromatic rings. The molecule has 1 aromatic carbocycles. The smallest absolute Gasteiger partial charge is 0.151 e. The second-order valence-electron chi connectivity index (χ2n) is 5.42. The molecule has 112 valence electrons. The van der Waals surface area contributed by atoms with E-state index in [0.29, 0.717) is 19.0 Å². The van der Waals surface area contributed by atoms with Crippen LogP contribution in [-0.4, -0.2) is 23.3 Å². The lowest BCUT2D eigenvalue weighted by Gasteiger charge is -2.25. The summed E-state index contributed by atoms with van der Waals surface area (Å²) in [5.74, 6) is -0.112. The fourth-order valence-electron chi connectivity index (χ4n) is 2.14. The van der Waals surface area contributed by atoms with Crippen LogP contribution < -0.4 is 0 Å². The van der Waals surface area contributed by atoms with Gasteiger partial charge in [-0.15, -0.1) is 11.3 Å². The molecule has 0 amide bonds. The Kier molecular flexibility index (Phi) is 5.65. The van der Waals surface area contributed by atoms with E-state index in [9.17, 15) is 9.18 Å². The summed E-state index contributed by atoms with van der Waals surface area (Å²) in [7, 11) is 0. The Morgan fingerprint density at radius 3 is 2.52 bits per heavy atom. The Morgan fingerprint density at radius 2 is 1.95 bits per heavy atom. The van der Waals surface area contributed by atoms with Crippen LogP contribution in [0.15, 0.2) is 41.8 Å². The number of Topliss-reactive ketones (excluding diaryl/α,β-unsaturated/α-hetero) is 1. The quantitative estimate of drug-likeness (QED) is 0.773. The number of ketones is 1. The Morgan fingerprint density at radius 1 is 1.24 bits per heavy atom. The van der Waals surface area contributed by atoms with Gasteiger partial charge in [-0.2, -0.15) is 0 Å². The van der Waals surface area contributed by atoms with Crippen LogP contribution in [0.5, 0.6) is 0 Å². The summed E-state index contributed by atoms with van der Waals surface area (Å²) in [5, 5.41) is 2.05. The molecule has 0 fully saturated rings. The van der Waals surface area contributed by atoms with Crippen LogP contribution in [-0.2, 0) is 17.8 Å². The minimum Gasteiger partial charge on any atom is -0.298 e. The molecule has 4 heteroatoms. The molecule has 0 radical (unpaired) electrons. The molecule has 0 unspecified atom stereocenters. The van der Waals surface area contributed by atoms with Gasteiger partial charge in [0.05, 0.1) is 6.54 Å². The zero-order valence-corrected chi connectivity index (χ0v) is 13.2. The summed E-state index contributed by atoms with van der Waals surface area (Å²) in [5.41, 5.74) is 0.862. The second kappa shape index (κ2) is 7.48. The molecular formula is C17H20FNOS. The summed E-state index contributed by atoms with van der Waals surface area (Å²) in [6, 6.07) is 10.6. The molecule has 0 aliphatic rings. The molecule has 0 bridgehead atoms. The van der Waals surface area contributed by atoms with Gasteiger partial charge >= 0.3 is 0 Å². The standard InChI is InChI=1S/C17H20FNOS/c1-13(2)19(12-17-4-3-9-21-17)11-16(20)10-14-5-7-15(18)8-6-14/h3-9,13H,10-12H2,1-2H3. The van der Waals surface area contributed by atoms with E-state index in [-0.39, 0.29) is 11.6 Å². The van der Waals surface area contributed by atoms with E-state index in [1.165, 1.54) is 17.0 Å². The van der Waals surface area contributed by atoms with Crippen molar-refractivity contribution < 1.29 is 9.18 Å². The molecule has 2 rings (SSSR count). The summed E-state index contributed by atoms with van der Waals surface area (Å²) >= 11 is 1.71. The lowest BCUT2D eigenvalue weighted by molar-refractivity contribution is -0.120. The molecule has 0 spiro atoms. The van der Waals surface area contributed by atoms with E-state index < -0.39 is 0 Å². The van der Waals surface area contributed by atoms with Crippen molar-refractivity contribution in [3.05, 3.63) is 58.0 Å². The molecule has 0 aliphatic heterocycles. The summed E-state index contributed by atoms with van der Waals surface area (Å²) in [6.45, 7) is 5.41. The van der Waals surface area contributed by atoms with Gasteiger partial charge < -0.3 is 0 Å². The molecule has 0 saturated carbocycles. The maximum absolute atomic E-state index is 12.9. The number of nitrogens with zero attached hydrogens (tertiary/aromatic N) is 1. The van der Waals surface area contributed by atoms with Crippen molar-refractivity contribution in [3.63, 3.8) is 0 Å². The van der Waals surface area contributed by atoms with E-state index in [1.54, 1.807) is 23.5 Å². The first kappa shape index (κ1) is 15.9. The normalized spacial score (nSPS) is 11.3. The van der Waals surface area contributed by atoms with Crippen LogP contribution in [0.4, 0.5) is 4.39 Å². The topological polar surface area (TPSA) is 20.3 Å². The Hall–Kier alpha value is -1.52. The molecule has 1 heterocycles. The second-order valence-corrected chi connectivity index (χ2v) is 6.45. The van der Waals surface area contributed by atoms with Crippen molar-refractivity contribution >= 4 is 17.1 Å². The van der Waals surface area contributed by atoms with E-state index >= 15 is 0 Å². The number of benzene rings is 1. The average Bonchev–Trinajstić information content (AvgIpc) is 2.93. The minimum absolute atomic E-state index is 0.159. The first-order valence-electron chi connectivity index (χ1n) is 7.07. The van der Waals surface area contributed by atoms with E-state index in [1.807, 2.05) is 11.4 Å². The summed E-state index contributed by atoms with van der Waals surface area (Å²) in [6.07, 6.45) is 0.355. The van der Waals surface area contributed by atoms with Crippen molar-refractivity contribution in [1.29, 1.82) is 0 Å². The number of carbonyl (C=O) groups is 1. The fourth-order valence-corrected chi connectivity index (χ4v) is 2.87. The summed E-state index contributed by atoms with van der Waals surface area (Å²) in [4.78, 5) is 15.6. The first-order valence-corrected chi connectivity index (χ1v) is 7.95. The van der Waals surface area contributed by atoms with Crippen molar-refractivity contribution in [2.75, 3.05) is 6.54 Å². The van der Waals surface area contributed by atoms with Crippen molar-refractivity contribution in [3.8, 4) is 0 Å². The Bertz CT molecular complexity index is 563. The highest BCUT2D eigenvalue weighted by Gasteiger charge is 2.15. The molecule has 0 atom stereocenters. The maximum atomic E-state index is 12.9. The van der Waals surface area contributed by atoms with Gasteiger partial charge in [-0.3, -0.25) is 9.69 Å². The van der Waals surface area contributed by atoms with E-state index in [2.05, 4.69) is 24.8 Å². The van der Waals surface area contributed by atoms with Crippen molar-refractivity contribution in [2.24, 2.45) is 0 Å². The van der Waals surface area contributed by atoms with E-state index in [0.717, 1.165) is 12.1 Å². The molecule has 1 aromatic heterocycles. The number of rotatable bonds is 7. The number of thiophene rings is 1. The molecule has 0 N–H and O–H groups in total. The third kappa shape index (κ3) is 5.06.